The van der Waals surface area contributed by atoms with E-state index in [1.165, 1.54) is 51.4 Å². The van der Waals surface area contributed by atoms with Crippen molar-refractivity contribution in [2.24, 2.45) is 4.99 Å². The van der Waals surface area contributed by atoms with Gasteiger partial charge in [0, 0.05) is 13.0 Å². The van der Waals surface area contributed by atoms with Gasteiger partial charge in [0.05, 0.1) is 7.11 Å². The summed E-state index contributed by atoms with van der Waals surface area (Å²) in [6, 6.07) is 0. The van der Waals surface area contributed by atoms with Crippen LogP contribution in [-0.4, -0.2) is 19.6 Å². The first kappa shape index (κ1) is 11.5. The molecule has 0 aromatic heterocycles. The first-order valence-corrected chi connectivity index (χ1v) is 6.01. The summed E-state index contributed by atoms with van der Waals surface area (Å²) < 4.78 is 5.25. The molecule has 0 amide bonds. The number of ether oxygens (including phenoxy) is 1. The van der Waals surface area contributed by atoms with E-state index in [4.69, 9.17) is 4.74 Å². The third kappa shape index (κ3) is 5.25. The van der Waals surface area contributed by atoms with Crippen molar-refractivity contribution in [1.82, 2.24) is 0 Å². The number of rotatable bonds is 0. The topological polar surface area (TPSA) is 21.6 Å². The van der Waals surface area contributed by atoms with Crippen LogP contribution in [0.25, 0.3) is 0 Å². The Kier molecular flexibility index (Phi) is 6.46. The van der Waals surface area contributed by atoms with Crippen LogP contribution in [-0.2, 0) is 4.74 Å². The van der Waals surface area contributed by atoms with Crippen LogP contribution in [0.1, 0.15) is 57.8 Å². The summed E-state index contributed by atoms with van der Waals surface area (Å²) in [5, 5.41) is 0. The van der Waals surface area contributed by atoms with Crippen molar-refractivity contribution in [1.29, 1.82) is 0 Å². The summed E-state index contributed by atoms with van der Waals surface area (Å²) in [4.78, 5) is 4.47. The standard InChI is InChI=1S/C12H23NO/c1-14-12-10-8-6-4-2-3-5-7-9-11-13-12/h2-11H2,1H3/b13-12-. The second-order valence-corrected chi connectivity index (χ2v) is 4.06. The lowest BCUT2D eigenvalue weighted by Gasteiger charge is -2.07. The second-order valence-electron chi connectivity index (χ2n) is 4.06. The van der Waals surface area contributed by atoms with E-state index in [0.29, 0.717) is 0 Å². The van der Waals surface area contributed by atoms with Gasteiger partial charge in [0.2, 0.25) is 0 Å². The van der Waals surface area contributed by atoms with Crippen molar-refractivity contribution in [2.75, 3.05) is 13.7 Å². The monoisotopic (exact) mass is 197 g/mol. The fraction of sp³-hybridized carbons (Fsp3) is 0.917. The third-order valence-electron chi connectivity index (χ3n) is 2.82. The predicted molar refractivity (Wildman–Crippen MR) is 60.9 cm³/mol. The highest BCUT2D eigenvalue weighted by Crippen LogP contribution is 2.11. The number of nitrogens with zero attached hydrogens (tertiary/aromatic N) is 1. The van der Waals surface area contributed by atoms with Crippen LogP contribution in [0.2, 0.25) is 0 Å². The lowest BCUT2D eigenvalue weighted by Crippen LogP contribution is -2.03. The number of hydrogen-bond donors (Lipinski definition) is 0. The average molecular weight is 197 g/mol. The number of hydrogen-bond acceptors (Lipinski definition) is 2. The summed E-state index contributed by atoms with van der Waals surface area (Å²) in [5.41, 5.74) is 0. The molecule has 0 N–H and O–H groups in total. The van der Waals surface area contributed by atoms with Gasteiger partial charge in [-0.2, -0.15) is 0 Å². The summed E-state index contributed by atoms with van der Waals surface area (Å²) in [7, 11) is 1.74. The molecule has 1 heterocycles. The maximum absolute atomic E-state index is 5.25. The smallest absolute Gasteiger partial charge is 0.182 e. The maximum Gasteiger partial charge on any atom is 0.182 e. The number of aliphatic imine (C=N–C) groups is 1. The molecule has 0 atom stereocenters. The Bertz CT molecular complexity index is 166. The van der Waals surface area contributed by atoms with E-state index >= 15 is 0 Å². The van der Waals surface area contributed by atoms with Crippen molar-refractivity contribution in [3.05, 3.63) is 0 Å². The molecule has 0 bridgehead atoms. The Hall–Kier alpha value is -0.530. The lowest BCUT2D eigenvalue weighted by molar-refractivity contribution is 0.383. The minimum absolute atomic E-state index is 0.961. The normalized spacial score (nSPS) is 25.4. The maximum atomic E-state index is 5.25. The second kappa shape index (κ2) is 7.84. The molecule has 0 unspecified atom stereocenters. The van der Waals surface area contributed by atoms with Crippen molar-refractivity contribution in [3.63, 3.8) is 0 Å². The minimum atomic E-state index is 0.961. The molecule has 0 spiro atoms. The molecule has 2 nitrogen and oxygen atoms in total. The van der Waals surface area contributed by atoms with E-state index in [-0.39, 0.29) is 0 Å². The Morgan fingerprint density at radius 2 is 1.43 bits per heavy atom. The fourth-order valence-electron chi connectivity index (χ4n) is 1.90. The van der Waals surface area contributed by atoms with Crippen LogP contribution in [0.5, 0.6) is 0 Å². The molecule has 0 aromatic rings. The van der Waals surface area contributed by atoms with Crippen LogP contribution in [0.4, 0.5) is 0 Å². The molecule has 1 aliphatic heterocycles. The Labute approximate surface area is 87.8 Å². The lowest BCUT2D eigenvalue weighted by atomic mass is 10.1. The SMILES string of the molecule is CO/C1=N\CCCCCCCCCC1. The van der Waals surface area contributed by atoms with E-state index in [9.17, 15) is 0 Å². The summed E-state index contributed by atoms with van der Waals surface area (Å²) in [5.74, 6) is 0.963. The molecule has 2 heteroatoms. The molecule has 0 radical (unpaired) electrons. The van der Waals surface area contributed by atoms with Crippen LogP contribution in [0.15, 0.2) is 4.99 Å². The zero-order valence-electron chi connectivity index (χ0n) is 9.43. The molecule has 0 saturated carbocycles. The molecule has 1 aliphatic rings. The minimum Gasteiger partial charge on any atom is -0.484 e. The van der Waals surface area contributed by atoms with E-state index < -0.39 is 0 Å². The first-order chi connectivity index (χ1) is 6.93. The van der Waals surface area contributed by atoms with Crippen molar-refractivity contribution in [3.8, 4) is 0 Å². The molecule has 0 aromatic carbocycles. The van der Waals surface area contributed by atoms with E-state index in [0.717, 1.165) is 18.9 Å². The molecule has 0 fully saturated rings. The summed E-state index contributed by atoms with van der Waals surface area (Å²) in [6.45, 7) is 0.961. The van der Waals surface area contributed by atoms with Crippen LogP contribution >= 0.6 is 0 Å². The highest BCUT2D eigenvalue weighted by Gasteiger charge is 2.00. The van der Waals surface area contributed by atoms with Gasteiger partial charge in [-0.05, 0) is 12.8 Å². The highest BCUT2D eigenvalue weighted by atomic mass is 16.5. The zero-order valence-corrected chi connectivity index (χ0v) is 9.43. The molecular weight excluding hydrogens is 174 g/mol. The predicted octanol–water partition coefficient (Wildman–Crippen LogP) is 3.56. The highest BCUT2D eigenvalue weighted by molar-refractivity contribution is 5.75. The first-order valence-electron chi connectivity index (χ1n) is 6.01. The van der Waals surface area contributed by atoms with Gasteiger partial charge in [0.25, 0.3) is 0 Å². The average Bonchev–Trinajstić information content (AvgIpc) is 2.19. The van der Waals surface area contributed by atoms with E-state index in [1.54, 1.807) is 7.11 Å². The molecular formula is C12H23NO. The van der Waals surface area contributed by atoms with Crippen LogP contribution < -0.4 is 0 Å². The van der Waals surface area contributed by atoms with Gasteiger partial charge in [-0.1, -0.05) is 38.5 Å². The van der Waals surface area contributed by atoms with Gasteiger partial charge in [-0.3, -0.25) is 4.99 Å². The Balaban J connectivity index is 2.29. The summed E-state index contributed by atoms with van der Waals surface area (Å²) in [6.07, 6.45) is 11.8. The van der Waals surface area contributed by atoms with Gasteiger partial charge in [-0.15, -0.1) is 0 Å². The Morgan fingerprint density at radius 3 is 2.07 bits per heavy atom. The van der Waals surface area contributed by atoms with Crippen LogP contribution in [0, 0.1) is 0 Å². The zero-order chi connectivity index (χ0) is 10.1. The fourth-order valence-corrected chi connectivity index (χ4v) is 1.90. The quantitative estimate of drug-likeness (QED) is 0.582. The summed E-state index contributed by atoms with van der Waals surface area (Å²) >= 11 is 0. The molecule has 82 valence electrons. The van der Waals surface area contributed by atoms with Crippen molar-refractivity contribution >= 4 is 5.90 Å². The van der Waals surface area contributed by atoms with Crippen LogP contribution in [0.3, 0.4) is 0 Å². The van der Waals surface area contributed by atoms with Gasteiger partial charge in [0.1, 0.15) is 0 Å². The van der Waals surface area contributed by atoms with Crippen molar-refractivity contribution < 1.29 is 4.74 Å². The molecule has 0 saturated heterocycles. The van der Waals surface area contributed by atoms with Crippen molar-refractivity contribution in [2.45, 2.75) is 57.8 Å². The molecule has 1 rings (SSSR count). The van der Waals surface area contributed by atoms with Gasteiger partial charge >= 0.3 is 0 Å². The Morgan fingerprint density at radius 1 is 0.857 bits per heavy atom. The van der Waals surface area contributed by atoms with Gasteiger partial charge in [-0.25, -0.2) is 0 Å². The number of methoxy groups -OCH3 is 1. The van der Waals surface area contributed by atoms with Gasteiger partial charge in [0.15, 0.2) is 5.90 Å². The van der Waals surface area contributed by atoms with E-state index in [2.05, 4.69) is 4.99 Å². The molecule has 0 aliphatic carbocycles. The molecule has 14 heavy (non-hydrogen) atoms. The third-order valence-corrected chi connectivity index (χ3v) is 2.82. The van der Waals surface area contributed by atoms with E-state index in [1.807, 2.05) is 0 Å². The largest absolute Gasteiger partial charge is 0.484 e. The van der Waals surface area contributed by atoms with Gasteiger partial charge < -0.3 is 4.74 Å².